The van der Waals surface area contributed by atoms with E-state index in [2.05, 4.69) is 23.5 Å². The molecule has 0 aliphatic heterocycles. The summed E-state index contributed by atoms with van der Waals surface area (Å²) in [4.78, 5) is 0. The van der Waals surface area contributed by atoms with Crippen LogP contribution in [0, 0.1) is 12.7 Å². The third kappa shape index (κ3) is 2.62. The second kappa shape index (κ2) is 5.04. The highest BCUT2D eigenvalue weighted by Gasteiger charge is 2.10. The van der Waals surface area contributed by atoms with E-state index in [-0.39, 0.29) is 5.82 Å². The van der Waals surface area contributed by atoms with Gasteiger partial charge in [0.25, 0.3) is 0 Å². The van der Waals surface area contributed by atoms with Crippen LogP contribution in [0.4, 0.5) is 10.1 Å². The van der Waals surface area contributed by atoms with E-state index in [1.54, 1.807) is 6.07 Å². The summed E-state index contributed by atoms with van der Waals surface area (Å²) in [6.45, 7) is 2.68. The number of aryl methyl sites for hydroxylation is 3. The van der Waals surface area contributed by atoms with Gasteiger partial charge in [-0.3, -0.25) is 0 Å². The van der Waals surface area contributed by atoms with Crippen molar-refractivity contribution in [3.05, 3.63) is 64.5 Å². The van der Waals surface area contributed by atoms with E-state index >= 15 is 0 Å². The Morgan fingerprint density at radius 2 is 1.89 bits per heavy atom. The first-order valence-corrected chi connectivity index (χ1v) is 6.83. The minimum atomic E-state index is -0.170. The number of rotatable bonds is 3. The van der Waals surface area contributed by atoms with Crippen LogP contribution in [0.15, 0.2) is 36.4 Å². The van der Waals surface area contributed by atoms with Crippen LogP contribution in [0.2, 0.25) is 0 Å². The Hall–Kier alpha value is -1.83. The van der Waals surface area contributed by atoms with Crippen LogP contribution in [0.1, 0.15) is 28.7 Å². The van der Waals surface area contributed by atoms with Gasteiger partial charge in [0.05, 0.1) is 0 Å². The molecule has 0 atom stereocenters. The molecule has 1 nitrogen and oxygen atoms in total. The summed E-state index contributed by atoms with van der Waals surface area (Å²) in [6, 6.07) is 11.5. The van der Waals surface area contributed by atoms with Crippen molar-refractivity contribution in [1.82, 2.24) is 0 Å². The zero-order valence-electron chi connectivity index (χ0n) is 11.2. The number of hydrogen-bond donors (Lipinski definition) is 1. The van der Waals surface area contributed by atoms with Gasteiger partial charge in [0.15, 0.2) is 0 Å². The number of benzene rings is 2. The number of anilines is 1. The first kappa shape index (κ1) is 12.2. The maximum atomic E-state index is 13.2. The van der Waals surface area contributed by atoms with E-state index in [4.69, 9.17) is 0 Å². The van der Waals surface area contributed by atoms with Gasteiger partial charge in [0, 0.05) is 12.2 Å². The summed E-state index contributed by atoms with van der Waals surface area (Å²) in [5.74, 6) is -0.170. The van der Waals surface area contributed by atoms with Crippen LogP contribution in [-0.2, 0) is 19.4 Å². The first-order valence-electron chi connectivity index (χ1n) is 6.83. The molecular weight excluding hydrogens is 237 g/mol. The van der Waals surface area contributed by atoms with Crippen LogP contribution in [0.25, 0.3) is 0 Å². The van der Waals surface area contributed by atoms with E-state index < -0.39 is 0 Å². The van der Waals surface area contributed by atoms with Gasteiger partial charge in [0.2, 0.25) is 0 Å². The molecular formula is C17H18FN. The van der Waals surface area contributed by atoms with Crippen LogP contribution >= 0.6 is 0 Å². The van der Waals surface area contributed by atoms with E-state index in [0.717, 1.165) is 16.8 Å². The molecule has 0 saturated heterocycles. The lowest BCUT2D eigenvalue weighted by molar-refractivity contribution is 0.625. The second-order valence-corrected chi connectivity index (χ2v) is 5.26. The third-order valence-corrected chi connectivity index (χ3v) is 3.89. The summed E-state index contributed by atoms with van der Waals surface area (Å²) in [5, 5.41) is 3.39. The Kier molecular flexibility index (Phi) is 3.24. The van der Waals surface area contributed by atoms with E-state index in [1.807, 2.05) is 13.0 Å². The summed E-state index contributed by atoms with van der Waals surface area (Å²) in [7, 11) is 0. The van der Waals surface area contributed by atoms with Crippen molar-refractivity contribution in [1.29, 1.82) is 0 Å². The first-order chi connectivity index (χ1) is 9.22. The molecule has 1 aliphatic rings. The molecule has 1 N–H and O–H groups in total. The Bertz CT molecular complexity index is 604. The van der Waals surface area contributed by atoms with Crippen LogP contribution < -0.4 is 5.32 Å². The molecule has 0 amide bonds. The molecule has 2 heteroatoms. The predicted octanol–water partition coefficient (Wildman–Crippen LogP) is 4.23. The van der Waals surface area contributed by atoms with Crippen molar-refractivity contribution in [2.24, 2.45) is 0 Å². The van der Waals surface area contributed by atoms with E-state index in [1.165, 1.54) is 36.5 Å². The van der Waals surface area contributed by atoms with Crippen LogP contribution in [0.5, 0.6) is 0 Å². The Morgan fingerprint density at radius 3 is 2.79 bits per heavy atom. The Morgan fingerprint density at radius 1 is 1.05 bits per heavy atom. The van der Waals surface area contributed by atoms with Crippen molar-refractivity contribution < 1.29 is 4.39 Å². The minimum Gasteiger partial charge on any atom is -0.381 e. The van der Waals surface area contributed by atoms with Gasteiger partial charge >= 0.3 is 0 Å². The lowest BCUT2D eigenvalue weighted by Crippen LogP contribution is -2.02. The van der Waals surface area contributed by atoms with Crippen molar-refractivity contribution in [2.75, 3.05) is 5.32 Å². The zero-order valence-corrected chi connectivity index (χ0v) is 11.2. The van der Waals surface area contributed by atoms with Gasteiger partial charge in [-0.25, -0.2) is 4.39 Å². The van der Waals surface area contributed by atoms with Gasteiger partial charge in [-0.1, -0.05) is 12.1 Å². The average Bonchev–Trinajstić information content (AvgIpc) is 2.87. The lowest BCUT2D eigenvalue weighted by atomic mass is 10.1. The average molecular weight is 255 g/mol. The molecule has 1 aliphatic carbocycles. The molecule has 0 unspecified atom stereocenters. The van der Waals surface area contributed by atoms with Crippen LogP contribution in [0.3, 0.4) is 0 Å². The maximum absolute atomic E-state index is 13.2. The van der Waals surface area contributed by atoms with Crippen molar-refractivity contribution in [3.8, 4) is 0 Å². The quantitative estimate of drug-likeness (QED) is 0.865. The molecule has 98 valence electrons. The fraction of sp³-hybridized carbons (Fsp3) is 0.294. The number of hydrogen-bond acceptors (Lipinski definition) is 1. The van der Waals surface area contributed by atoms with Gasteiger partial charge in [-0.15, -0.1) is 0 Å². The molecule has 19 heavy (non-hydrogen) atoms. The van der Waals surface area contributed by atoms with Gasteiger partial charge in [-0.2, -0.15) is 0 Å². The third-order valence-electron chi connectivity index (χ3n) is 3.89. The second-order valence-electron chi connectivity index (χ2n) is 5.26. The fourth-order valence-electron chi connectivity index (χ4n) is 2.71. The highest BCUT2D eigenvalue weighted by Crippen LogP contribution is 2.25. The number of halogens is 1. The molecule has 0 spiro atoms. The summed E-state index contributed by atoms with van der Waals surface area (Å²) < 4.78 is 13.2. The van der Waals surface area contributed by atoms with Gasteiger partial charge in [-0.05, 0) is 72.7 Å². The standard InChI is InChI=1S/C17H18FN/c1-12-5-7-16(18)9-15(12)11-19-17-8-6-13-3-2-4-14(13)10-17/h5-10,19H,2-4,11H2,1H3. The number of nitrogens with one attached hydrogen (secondary N) is 1. The summed E-state index contributed by atoms with van der Waals surface area (Å²) in [5.41, 5.74) is 6.20. The molecule has 3 rings (SSSR count). The van der Waals surface area contributed by atoms with E-state index in [0.29, 0.717) is 6.54 Å². The van der Waals surface area contributed by atoms with E-state index in [9.17, 15) is 4.39 Å². The predicted molar refractivity (Wildman–Crippen MR) is 76.9 cm³/mol. The minimum absolute atomic E-state index is 0.170. The molecule has 0 radical (unpaired) electrons. The maximum Gasteiger partial charge on any atom is 0.123 e. The fourth-order valence-corrected chi connectivity index (χ4v) is 2.71. The van der Waals surface area contributed by atoms with Crippen molar-refractivity contribution in [2.45, 2.75) is 32.7 Å². The molecule has 0 heterocycles. The molecule has 0 aromatic heterocycles. The monoisotopic (exact) mass is 255 g/mol. The molecule has 0 saturated carbocycles. The Balaban J connectivity index is 1.74. The summed E-state index contributed by atoms with van der Waals surface area (Å²) >= 11 is 0. The molecule has 2 aromatic carbocycles. The van der Waals surface area contributed by atoms with Crippen LogP contribution in [-0.4, -0.2) is 0 Å². The smallest absolute Gasteiger partial charge is 0.123 e. The summed E-state index contributed by atoms with van der Waals surface area (Å²) in [6.07, 6.45) is 3.66. The highest BCUT2D eigenvalue weighted by atomic mass is 19.1. The SMILES string of the molecule is Cc1ccc(F)cc1CNc1ccc2c(c1)CCC2. The normalized spacial score (nSPS) is 13.4. The highest BCUT2D eigenvalue weighted by molar-refractivity contribution is 5.50. The molecule has 0 bridgehead atoms. The molecule has 0 fully saturated rings. The largest absolute Gasteiger partial charge is 0.381 e. The molecule has 2 aromatic rings. The van der Waals surface area contributed by atoms with Crippen molar-refractivity contribution >= 4 is 5.69 Å². The van der Waals surface area contributed by atoms with Crippen molar-refractivity contribution in [3.63, 3.8) is 0 Å². The van der Waals surface area contributed by atoms with Gasteiger partial charge in [0.1, 0.15) is 5.82 Å². The lowest BCUT2D eigenvalue weighted by Gasteiger charge is -2.10. The van der Waals surface area contributed by atoms with Gasteiger partial charge < -0.3 is 5.32 Å². The topological polar surface area (TPSA) is 12.0 Å². The number of fused-ring (bicyclic) bond motifs is 1. The Labute approximate surface area is 113 Å². The zero-order chi connectivity index (χ0) is 13.2.